The van der Waals surface area contributed by atoms with Crippen LogP contribution < -0.4 is 10.9 Å². The fourth-order valence-corrected chi connectivity index (χ4v) is 4.31. The molecule has 108 valence electrons. The fourth-order valence-electron chi connectivity index (χ4n) is 3.16. The Kier molecular flexibility index (Phi) is 4.05. The number of hydrogen-bond donors (Lipinski definition) is 2. The second-order valence-electron chi connectivity index (χ2n) is 5.77. The molecule has 1 aromatic rings. The molecule has 2 aliphatic rings. The van der Waals surface area contributed by atoms with Gasteiger partial charge in [0.15, 0.2) is 0 Å². The lowest BCUT2D eigenvalue weighted by atomic mass is 10.0. The van der Waals surface area contributed by atoms with Crippen LogP contribution in [-0.2, 0) is 17.6 Å². The highest BCUT2D eigenvalue weighted by Crippen LogP contribution is 2.30. The third kappa shape index (κ3) is 3.03. The van der Waals surface area contributed by atoms with Crippen molar-refractivity contribution in [1.29, 1.82) is 0 Å². The van der Waals surface area contributed by atoms with E-state index in [1.807, 2.05) is 6.07 Å². The van der Waals surface area contributed by atoms with Gasteiger partial charge in [-0.1, -0.05) is 12.8 Å². The fraction of sp³-hybridized carbons (Fsp3) is 0.600. The van der Waals surface area contributed by atoms with Gasteiger partial charge < -0.3 is 0 Å². The van der Waals surface area contributed by atoms with Gasteiger partial charge in [-0.15, -0.1) is 11.3 Å². The summed E-state index contributed by atoms with van der Waals surface area (Å²) in [6.45, 7) is 0. The van der Waals surface area contributed by atoms with Crippen molar-refractivity contribution in [2.75, 3.05) is 0 Å². The van der Waals surface area contributed by atoms with Crippen LogP contribution in [0.3, 0.4) is 0 Å². The Balaban J connectivity index is 1.47. The van der Waals surface area contributed by atoms with Crippen LogP contribution in [0.15, 0.2) is 6.07 Å². The van der Waals surface area contributed by atoms with Gasteiger partial charge in [-0.25, -0.2) is 0 Å². The molecule has 0 aliphatic heterocycles. The molecule has 2 N–H and O–H groups in total. The van der Waals surface area contributed by atoms with Gasteiger partial charge in [0, 0.05) is 11.3 Å². The first-order valence-corrected chi connectivity index (χ1v) is 8.25. The highest BCUT2D eigenvalue weighted by molar-refractivity contribution is 7.14. The van der Waals surface area contributed by atoms with Gasteiger partial charge in [-0.3, -0.25) is 20.4 Å². The zero-order valence-corrected chi connectivity index (χ0v) is 12.4. The minimum Gasteiger partial charge on any atom is -0.273 e. The number of rotatable bonds is 3. The highest BCUT2D eigenvalue weighted by atomic mass is 32.1. The number of fused-ring (bicyclic) bond motifs is 1. The second-order valence-corrected chi connectivity index (χ2v) is 6.91. The molecule has 20 heavy (non-hydrogen) atoms. The number of carbonyl (C=O) groups excluding carboxylic acids is 2. The maximum atomic E-state index is 12.0. The SMILES string of the molecule is O=C(CC1CCCC1)NNC(=O)c1cc2c(s1)CCC2. The molecule has 0 spiro atoms. The average molecular weight is 292 g/mol. The molecule has 0 bridgehead atoms. The highest BCUT2D eigenvalue weighted by Gasteiger charge is 2.20. The van der Waals surface area contributed by atoms with Gasteiger partial charge in [0.1, 0.15) is 0 Å². The van der Waals surface area contributed by atoms with Crippen LogP contribution in [0, 0.1) is 5.92 Å². The van der Waals surface area contributed by atoms with E-state index in [1.165, 1.54) is 29.7 Å². The normalized spacial score (nSPS) is 18.0. The molecule has 4 nitrogen and oxygen atoms in total. The van der Waals surface area contributed by atoms with E-state index in [9.17, 15) is 9.59 Å². The first-order valence-electron chi connectivity index (χ1n) is 7.43. The summed E-state index contributed by atoms with van der Waals surface area (Å²) in [6, 6.07) is 1.96. The summed E-state index contributed by atoms with van der Waals surface area (Å²) in [6.07, 6.45) is 8.62. The summed E-state index contributed by atoms with van der Waals surface area (Å²) in [7, 11) is 0. The molecule has 0 radical (unpaired) electrons. The minimum atomic E-state index is -0.191. The average Bonchev–Trinajstić information content (AvgIpc) is 3.11. The molecule has 2 amide bonds. The smallest absolute Gasteiger partial charge is 0.273 e. The van der Waals surface area contributed by atoms with Crippen LogP contribution in [-0.4, -0.2) is 11.8 Å². The van der Waals surface area contributed by atoms with Gasteiger partial charge in [0.2, 0.25) is 5.91 Å². The first kappa shape index (κ1) is 13.6. The van der Waals surface area contributed by atoms with E-state index in [0.29, 0.717) is 17.2 Å². The number of hydrogen-bond acceptors (Lipinski definition) is 3. The van der Waals surface area contributed by atoms with Crippen LogP contribution in [0.2, 0.25) is 0 Å². The predicted molar refractivity (Wildman–Crippen MR) is 78.5 cm³/mol. The molecule has 1 fully saturated rings. The van der Waals surface area contributed by atoms with E-state index < -0.39 is 0 Å². The quantitative estimate of drug-likeness (QED) is 0.841. The van der Waals surface area contributed by atoms with Gasteiger partial charge in [-0.2, -0.15) is 0 Å². The third-order valence-electron chi connectivity index (χ3n) is 4.23. The van der Waals surface area contributed by atoms with Crippen molar-refractivity contribution in [3.05, 3.63) is 21.4 Å². The Morgan fingerprint density at radius 3 is 2.70 bits per heavy atom. The molecule has 0 aromatic carbocycles. The van der Waals surface area contributed by atoms with Crippen molar-refractivity contribution >= 4 is 23.2 Å². The van der Waals surface area contributed by atoms with Crippen LogP contribution in [0.1, 0.15) is 58.6 Å². The third-order valence-corrected chi connectivity index (χ3v) is 5.47. The lowest BCUT2D eigenvalue weighted by Gasteiger charge is -2.10. The Morgan fingerprint density at radius 1 is 1.15 bits per heavy atom. The summed E-state index contributed by atoms with van der Waals surface area (Å²) in [4.78, 5) is 25.8. The Hall–Kier alpha value is -1.36. The minimum absolute atomic E-state index is 0.0747. The van der Waals surface area contributed by atoms with E-state index in [0.717, 1.165) is 25.7 Å². The largest absolute Gasteiger partial charge is 0.279 e. The van der Waals surface area contributed by atoms with Gasteiger partial charge in [-0.05, 0) is 49.7 Å². The van der Waals surface area contributed by atoms with Crippen LogP contribution in [0.4, 0.5) is 0 Å². The predicted octanol–water partition coefficient (Wildman–Crippen LogP) is 2.58. The van der Waals surface area contributed by atoms with E-state index in [4.69, 9.17) is 0 Å². The Bertz CT molecular complexity index is 496. The van der Waals surface area contributed by atoms with Crippen molar-refractivity contribution in [3.8, 4) is 0 Å². The molecule has 0 atom stereocenters. The van der Waals surface area contributed by atoms with Gasteiger partial charge in [0.05, 0.1) is 4.88 Å². The number of thiophene rings is 1. The summed E-state index contributed by atoms with van der Waals surface area (Å²) < 4.78 is 0. The maximum Gasteiger partial charge on any atom is 0.279 e. The molecular weight excluding hydrogens is 272 g/mol. The van der Waals surface area contributed by atoms with Crippen molar-refractivity contribution in [1.82, 2.24) is 10.9 Å². The van der Waals surface area contributed by atoms with Crippen LogP contribution in [0.25, 0.3) is 0 Å². The van der Waals surface area contributed by atoms with Gasteiger partial charge >= 0.3 is 0 Å². The molecule has 2 aliphatic carbocycles. The molecule has 1 heterocycles. The molecule has 0 unspecified atom stereocenters. The summed E-state index contributed by atoms with van der Waals surface area (Å²) >= 11 is 1.55. The number of aryl methyl sites for hydroxylation is 2. The summed E-state index contributed by atoms with van der Waals surface area (Å²) in [5.74, 6) is 0.232. The summed E-state index contributed by atoms with van der Waals surface area (Å²) in [5.41, 5.74) is 6.38. The van der Waals surface area contributed by atoms with E-state index in [-0.39, 0.29) is 11.8 Å². The number of hydrazine groups is 1. The Labute approximate surface area is 122 Å². The zero-order chi connectivity index (χ0) is 13.9. The lowest BCUT2D eigenvalue weighted by molar-refractivity contribution is -0.122. The number of amides is 2. The lowest BCUT2D eigenvalue weighted by Crippen LogP contribution is -2.41. The van der Waals surface area contributed by atoms with Crippen molar-refractivity contribution in [2.24, 2.45) is 5.92 Å². The second kappa shape index (κ2) is 5.95. The first-order chi connectivity index (χ1) is 9.72. The molecule has 3 rings (SSSR count). The van der Waals surface area contributed by atoms with E-state index in [1.54, 1.807) is 11.3 Å². The van der Waals surface area contributed by atoms with Crippen molar-refractivity contribution < 1.29 is 9.59 Å². The number of carbonyl (C=O) groups is 2. The molecular formula is C15H20N2O2S. The van der Waals surface area contributed by atoms with Crippen molar-refractivity contribution in [2.45, 2.75) is 51.4 Å². The van der Waals surface area contributed by atoms with E-state index in [2.05, 4.69) is 10.9 Å². The van der Waals surface area contributed by atoms with Crippen molar-refractivity contribution in [3.63, 3.8) is 0 Å². The topological polar surface area (TPSA) is 58.2 Å². The maximum absolute atomic E-state index is 12.0. The number of nitrogens with one attached hydrogen (secondary N) is 2. The van der Waals surface area contributed by atoms with Crippen LogP contribution in [0.5, 0.6) is 0 Å². The molecule has 1 saturated carbocycles. The molecule has 1 aromatic heterocycles. The molecule has 0 saturated heterocycles. The Morgan fingerprint density at radius 2 is 1.95 bits per heavy atom. The monoisotopic (exact) mass is 292 g/mol. The zero-order valence-electron chi connectivity index (χ0n) is 11.5. The van der Waals surface area contributed by atoms with Crippen LogP contribution >= 0.6 is 11.3 Å². The molecule has 5 heteroatoms. The van der Waals surface area contributed by atoms with Gasteiger partial charge in [0.25, 0.3) is 5.91 Å². The summed E-state index contributed by atoms with van der Waals surface area (Å²) in [5, 5.41) is 0. The standard InChI is InChI=1S/C15H20N2O2S/c18-14(8-10-4-1-2-5-10)16-17-15(19)13-9-11-6-3-7-12(11)20-13/h9-10H,1-8H2,(H,16,18)(H,17,19). The van der Waals surface area contributed by atoms with E-state index >= 15 is 0 Å².